The van der Waals surface area contributed by atoms with Crippen LogP contribution < -0.4 is 14.8 Å². The molecule has 0 aliphatic heterocycles. The molecule has 1 atom stereocenters. The van der Waals surface area contributed by atoms with Crippen LogP contribution >= 0.6 is 11.3 Å². The third-order valence-electron chi connectivity index (χ3n) is 6.23. The summed E-state index contributed by atoms with van der Waals surface area (Å²) in [5, 5.41) is 5.01. The second-order valence-electron chi connectivity index (χ2n) is 8.34. The van der Waals surface area contributed by atoms with Crippen molar-refractivity contribution in [3.8, 4) is 11.5 Å². The fourth-order valence-corrected chi connectivity index (χ4v) is 5.34. The van der Waals surface area contributed by atoms with Crippen LogP contribution in [0.2, 0.25) is 0 Å². The molecule has 3 aromatic rings. The van der Waals surface area contributed by atoms with Gasteiger partial charge in [-0.25, -0.2) is 0 Å². The van der Waals surface area contributed by atoms with Crippen molar-refractivity contribution in [3.05, 3.63) is 82.0 Å². The number of hydrogen-bond acceptors (Lipinski definition) is 5. The first-order chi connectivity index (χ1) is 16.6. The van der Waals surface area contributed by atoms with Crippen molar-refractivity contribution in [3.63, 3.8) is 0 Å². The standard InChI is InChI=1S/C27H30N2O4S/c1-32-22-15-14-20(17-23(22)33-2)27(31)29(21-11-6-7-12-21)25(24-13-8-16-34-24)26(30)28-18-19-9-4-3-5-10-19/h3-5,8-10,13-17,21,25H,6-7,11-12,18H2,1-2H3,(H,28,30). The molecule has 34 heavy (non-hydrogen) atoms. The van der Waals surface area contributed by atoms with Gasteiger partial charge >= 0.3 is 0 Å². The highest BCUT2D eigenvalue weighted by Gasteiger charge is 2.38. The van der Waals surface area contributed by atoms with E-state index in [0.717, 1.165) is 36.1 Å². The Hall–Kier alpha value is -3.32. The lowest BCUT2D eigenvalue weighted by Crippen LogP contribution is -2.47. The normalized spacial score (nSPS) is 14.4. The van der Waals surface area contributed by atoms with E-state index in [1.165, 1.54) is 11.3 Å². The minimum atomic E-state index is -0.701. The van der Waals surface area contributed by atoms with Gasteiger partial charge in [0, 0.05) is 23.0 Å². The van der Waals surface area contributed by atoms with E-state index in [1.54, 1.807) is 37.3 Å². The van der Waals surface area contributed by atoms with Gasteiger partial charge in [-0.2, -0.15) is 0 Å². The van der Waals surface area contributed by atoms with Gasteiger partial charge in [0.25, 0.3) is 5.91 Å². The Balaban J connectivity index is 1.68. The fraction of sp³-hybridized carbons (Fsp3) is 0.333. The van der Waals surface area contributed by atoms with Crippen molar-refractivity contribution in [2.45, 2.75) is 44.3 Å². The first-order valence-corrected chi connectivity index (χ1v) is 12.4. The molecule has 1 unspecified atom stereocenters. The van der Waals surface area contributed by atoms with Gasteiger partial charge in [0.15, 0.2) is 11.5 Å². The Morgan fingerprint density at radius 2 is 1.74 bits per heavy atom. The molecule has 2 aromatic carbocycles. The minimum absolute atomic E-state index is 0.00447. The number of hydrogen-bond donors (Lipinski definition) is 1. The van der Waals surface area contributed by atoms with Crippen molar-refractivity contribution in [1.82, 2.24) is 10.2 Å². The summed E-state index contributed by atoms with van der Waals surface area (Å²) in [7, 11) is 3.11. The highest BCUT2D eigenvalue weighted by Crippen LogP contribution is 2.36. The maximum atomic E-state index is 14.0. The van der Waals surface area contributed by atoms with Crippen LogP contribution in [0.5, 0.6) is 11.5 Å². The number of rotatable bonds is 9. The Kier molecular flexibility index (Phi) is 7.85. The van der Waals surface area contributed by atoms with E-state index in [2.05, 4.69) is 5.32 Å². The second-order valence-corrected chi connectivity index (χ2v) is 9.32. The molecule has 4 rings (SSSR count). The molecule has 0 saturated heterocycles. The smallest absolute Gasteiger partial charge is 0.255 e. The summed E-state index contributed by atoms with van der Waals surface area (Å²) in [4.78, 5) is 30.2. The van der Waals surface area contributed by atoms with Crippen LogP contribution in [0.3, 0.4) is 0 Å². The number of methoxy groups -OCH3 is 2. The first kappa shape index (κ1) is 23.8. The van der Waals surface area contributed by atoms with Gasteiger partial charge in [-0.1, -0.05) is 49.2 Å². The summed E-state index contributed by atoms with van der Waals surface area (Å²) in [5.74, 6) is 0.691. The highest BCUT2D eigenvalue weighted by atomic mass is 32.1. The number of ether oxygens (including phenoxy) is 2. The van der Waals surface area contributed by atoms with E-state index >= 15 is 0 Å². The zero-order valence-corrected chi connectivity index (χ0v) is 20.3. The van der Waals surface area contributed by atoms with E-state index in [0.29, 0.717) is 23.6 Å². The maximum absolute atomic E-state index is 14.0. The zero-order valence-electron chi connectivity index (χ0n) is 19.5. The maximum Gasteiger partial charge on any atom is 0.255 e. The molecule has 0 bridgehead atoms. The molecule has 1 aliphatic rings. The summed E-state index contributed by atoms with van der Waals surface area (Å²) < 4.78 is 10.8. The van der Waals surface area contributed by atoms with Gasteiger partial charge in [-0.3, -0.25) is 9.59 Å². The van der Waals surface area contributed by atoms with E-state index in [-0.39, 0.29) is 17.9 Å². The van der Waals surface area contributed by atoms with Crippen molar-refractivity contribution in [2.24, 2.45) is 0 Å². The Bertz CT molecular complexity index is 1100. The summed E-state index contributed by atoms with van der Waals surface area (Å²) in [6, 6.07) is 18.1. The molecule has 7 heteroatoms. The van der Waals surface area contributed by atoms with Crippen LogP contribution in [0.15, 0.2) is 66.0 Å². The predicted octanol–water partition coefficient (Wildman–Crippen LogP) is 5.21. The van der Waals surface area contributed by atoms with Gasteiger partial charge in [0.1, 0.15) is 6.04 Å². The molecule has 1 N–H and O–H groups in total. The Morgan fingerprint density at radius 1 is 1.00 bits per heavy atom. The van der Waals surface area contributed by atoms with Gasteiger partial charge in [-0.15, -0.1) is 11.3 Å². The van der Waals surface area contributed by atoms with Crippen molar-refractivity contribution < 1.29 is 19.1 Å². The van der Waals surface area contributed by atoms with Crippen LogP contribution in [0.1, 0.15) is 52.5 Å². The SMILES string of the molecule is COc1ccc(C(=O)N(C2CCCC2)C(C(=O)NCc2ccccc2)c2cccs2)cc1OC. The monoisotopic (exact) mass is 478 g/mol. The Morgan fingerprint density at radius 3 is 2.38 bits per heavy atom. The third-order valence-corrected chi connectivity index (χ3v) is 7.16. The second kappa shape index (κ2) is 11.2. The minimum Gasteiger partial charge on any atom is -0.493 e. The third kappa shape index (κ3) is 5.25. The highest BCUT2D eigenvalue weighted by molar-refractivity contribution is 7.10. The average Bonchev–Trinajstić information content (AvgIpc) is 3.60. The lowest BCUT2D eigenvalue weighted by Gasteiger charge is -2.35. The van der Waals surface area contributed by atoms with Gasteiger partial charge in [0.05, 0.1) is 14.2 Å². The summed E-state index contributed by atoms with van der Waals surface area (Å²) >= 11 is 1.50. The molecule has 6 nitrogen and oxygen atoms in total. The molecule has 1 fully saturated rings. The van der Waals surface area contributed by atoms with Crippen LogP contribution in [-0.2, 0) is 11.3 Å². The zero-order chi connectivity index (χ0) is 23.9. The molecule has 1 aromatic heterocycles. The fourth-order valence-electron chi connectivity index (χ4n) is 4.52. The van der Waals surface area contributed by atoms with E-state index in [9.17, 15) is 9.59 Å². The number of nitrogens with zero attached hydrogens (tertiary/aromatic N) is 1. The molecule has 1 heterocycles. The average molecular weight is 479 g/mol. The Labute approximate surface area is 204 Å². The van der Waals surface area contributed by atoms with Crippen LogP contribution in [0.4, 0.5) is 0 Å². The number of carbonyl (C=O) groups is 2. The van der Waals surface area contributed by atoms with Crippen LogP contribution in [-0.4, -0.2) is 37.0 Å². The van der Waals surface area contributed by atoms with Crippen molar-refractivity contribution in [1.29, 1.82) is 0 Å². The summed E-state index contributed by atoms with van der Waals surface area (Å²) in [6.07, 6.45) is 3.85. The lowest BCUT2D eigenvalue weighted by molar-refractivity contribution is -0.126. The van der Waals surface area contributed by atoms with Crippen molar-refractivity contribution >= 4 is 23.2 Å². The predicted molar refractivity (Wildman–Crippen MR) is 133 cm³/mol. The molecule has 2 amide bonds. The molecule has 1 saturated carbocycles. The first-order valence-electron chi connectivity index (χ1n) is 11.5. The topological polar surface area (TPSA) is 67.9 Å². The quantitative estimate of drug-likeness (QED) is 0.459. The molecule has 1 aliphatic carbocycles. The largest absolute Gasteiger partial charge is 0.493 e. The van der Waals surface area contributed by atoms with E-state index in [1.807, 2.05) is 47.8 Å². The number of nitrogens with one attached hydrogen (secondary N) is 1. The number of carbonyl (C=O) groups excluding carboxylic acids is 2. The molecule has 178 valence electrons. The lowest BCUT2D eigenvalue weighted by atomic mass is 10.0. The summed E-state index contributed by atoms with van der Waals surface area (Å²) in [6.45, 7) is 0.407. The molecule has 0 radical (unpaired) electrons. The van der Waals surface area contributed by atoms with Crippen LogP contribution in [0.25, 0.3) is 0 Å². The number of thiophene rings is 1. The number of benzene rings is 2. The molecular formula is C27H30N2O4S. The number of amides is 2. The summed E-state index contributed by atoms with van der Waals surface area (Å²) in [5.41, 5.74) is 1.49. The van der Waals surface area contributed by atoms with Gasteiger partial charge in [-0.05, 0) is 48.1 Å². The molecule has 0 spiro atoms. The molecular weight excluding hydrogens is 448 g/mol. The van der Waals surface area contributed by atoms with E-state index in [4.69, 9.17) is 9.47 Å². The van der Waals surface area contributed by atoms with Crippen molar-refractivity contribution in [2.75, 3.05) is 14.2 Å². The van der Waals surface area contributed by atoms with E-state index < -0.39 is 6.04 Å². The van der Waals surface area contributed by atoms with Gasteiger partial charge < -0.3 is 19.7 Å². The van der Waals surface area contributed by atoms with Gasteiger partial charge in [0.2, 0.25) is 5.91 Å². The van der Waals surface area contributed by atoms with Crippen LogP contribution in [0, 0.1) is 0 Å².